The number of benzene rings is 1. The molecule has 0 unspecified atom stereocenters. The molecular formula is C12H11NO4. The van der Waals surface area contributed by atoms with Crippen molar-refractivity contribution in [1.82, 2.24) is 0 Å². The molecule has 0 aromatic heterocycles. The van der Waals surface area contributed by atoms with Gasteiger partial charge < -0.3 is 9.47 Å². The highest BCUT2D eigenvalue weighted by Gasteiger charge is 2.45. The van der Waals surface area contributed by atoms with Crippen LogP contribution in [-0.4, -0.2) is 19.0 Å². The number of ether oxygens (including phenoxy) is 2. The molecule has 0 aliphatic heterocycles. The van der Waals surface area contributed by atoms with Crippen LogP contribution >= 0.6 is 0 Å². The summed E-state index contributed by atoms with van der Waals surface area (Å²) in [5, 5.41) is 9.15. The van der Waals surface area contributed by atoms with Gasteiger partial charge in [-0.15, -0.1) is 0 Å². The second-order valence-electron chi connectivity index (χ2n) is 3.24. The van der Waals surface area contributed by atoms with Crippen molar-refractivity contribution < 1.29 is 19.1 Å². The van der Waals surface area contributed by atoms with Crippen LogP contribution in [0.4, 0.5) is 0 Å². The van der Waals surface area contributed by atoms with E-state index in [1.807, 2.05) is 0 Å². The van der Waals surface area contributed by atoms with Gasteiger partial charge in [-0.05, 0) is 0 Å². The lowest BCUT2D eigenvalue weighted by Crippen LogP contribution is -2.39. The van der Waals surface area contributed by atoms with Gasteiger partial charge in [0.05, 0.1) is 7.11 Å². The first-order valence-corrected chi connectivity index (χ1v) is 4.81. The standard InChI is InChI=1S/C12H11NO4/c1-9(14)17-12(8-13,11(15)16-2)10-6-4-3-5-7-10/h3-7H,1-2H3/t12-/m0/s1. The number of esters is 2. The average molecular weight is 233 g/mol. The van der Waals surface area contributed by atoms with Gasteiger partial charge in [0.25, 0.3) is 0 Å². The second kappa shape index (κ2) is 5.12. The summed E-state index contributed by atoms with van der Waals surface area (Å²) in [5.74, 6) is -1.66. The maximum Gasteiger partial charge on any atom is 0.370 e. The molecule has 1 atom stereocenters. The number of nitrogens with zero attached hydrogens (tertiary/aromatic N) is 1. The van der Waals surface area contributed by atoms with Crippen molar-refractivity contribution in [3.63, 3.8) is 0 Å². The Morgan fingerprint density at radius 1 is 1.29 bits per heavy atom. The van der Waals surface area contributed by atoms with Crippen molar-refractivity contribution in [1.29, 1.82) is 5.26 Å². The van der Waals surface area contributed by atoms with Crippen LogP contribution in [0.2, 0.25) is 0 Å². The van der Waals surface area contributed by atoms with Crippen LogP contribution in [0, 0.1) is 11.3 Å². The molecule has 0 bridgehead atoms. The Kier molecular flexibility index (Phi) is 3.83. The third-order valence-electron chi connectivity index (χ3n) is 2.11. The first kappa shape index (κ1) is 12.7. The Labute approximate surface area is 98.6 Å². The third-order valence-corrected chi connectivity index (χ3v) is 2.11. The molecule has 0 saturated carbocycles. The third kappa shape index (κ3) is 2.42. The molecule has 0 amide bonds. The van der Waals surface area contributed by atoms with Gasteiger partial charge in [-0.25, -0.2) is 4.79 Å². The molecule has 1 aromatic rings. The van der Waals surface area contributed by atoms with Crippen LogP contribution in [0.1, 0.15) is 12.5 Å². The zero-order valence-corrected chi connectivity index (χ0v) is 9.47. The smallest absolute Gasteiger partial charge is 0.370 e. The fraction of sp³-hybridized carbons (Fsp3) is 0.250. The molecule has 0 spiro atoms. The van der Waals surface area contributed by atoms with E-state index in [-0.39, 0.29) is 5.56 Å². The summed E-state index contributed by atoms with van der Waals surface area (Å²) in [6.07, 6.45) is 0. The van der Waals surface area contributed by atoms with Crippen molar-refractivity contribution >= 4 is 11.9 Å². The van der Waals surface area contributed by atoms with Gasteiger partial charge >= 0.3 is 17.5 Å². The molecule has 0 fully saturated rings. The van der Waals surface area contributed by atoms with Gasteiger partial charge in [0, 0.05) is 12.5 Å². The van der Waals surface area contributed by atoms with Crippen LogP contribution in [-0.2, 0) is 24.7 Å². The average Bonchev–Trinajstić information content (AvgIpc) is 2.35. The summed E-state index contributed by atoms with van der Waals surface area (Å²) >= 11 is 0. The normalized spacial score (nSPS) is 13.0. The summed E-state index contributed by atoms with van der Waals surface area (Å²) in [4.78, 5) is 22.7. The van der Waals surface area contributed by atoms with Crippen molar-refractivity contribution in [2.45, 2.75) is 12.5 Å². The zero-order valence-electron chi connectivity index (χ0n) is 9.47. The van der Waals surface area contributed by atoms with Gasteiger partial charge in [0.1, 0.15) is 6.07 Å². The van der Waals surface area contributed by atoms with Crippen LogP contribution in [0.15, 0.2) is 30.3 Å². The lowest BCUT2D eigenvalue weighted by molar-refractivity contribution is -0.173. The molecule has 0 N–H and O–H groups in total. The SMILES string of the molecule is COC(=O)[C@@](C#N)(OC(C)=O)c1ccccc1. The zero-order chi connectivity index (χ0) is 12.9. The highest BCUT2D eigenvalue weighted by Crippen LogP contribution is 2.26. The van der Waals surface area contributed by atoms with Gasteiger partial charge in [-0.1, -0.05) is 30.3 Å². The highest BCUT2D eigenvalue weighted by molar-refractivity contribution is 5.87. The minimum atomic E-state index is -2.04. The number of methoxy groups -OCH3 is 1. The summed E-state index contributed by atoms with van der Waals surface area (Å²) in [6, 6.07) is 9.71. The first-order valence-electron chi connectivity index (χ1n) is 4.81. The van der Waals surface area contributed by atoms with Crippen LogP contribution in [0.3, 0.4) is 0 Å². The molecule has 1 rings (SSSR count). The number of carbonyl (C=O) groups is 2. The van der Waals surface area contributed by atoms with Crippen LogP contribution in [0.5, 0.6) is 0 Å². The maximum absolute atomic E-state index is 11.7. The minimum absolute atomic E-state index is 0.254. The van der Waals surface area contributed by atoms with E-state index in [0.29, 0.717) is 0 Å². The van der Waals surface area contributed by atoms with Crippen LogP contribution < -0.4 is 0 Å². The number of nitriles is 1. The van der Waals surface area contributed by atoms with Gasteiger partial charge in [-0.2, -0.15) is 5.26 Å². The Morgan fingerprint density at radius 3 is 2.29 bits per heavy atom. The largest absolute Gasteiger partial charge is 0.465 e. The van der Waals surface area contributed by atoms with Crippen molar-refractivity contribution in [3.8, 4) is 6.07 Å². The van der Waals surface area contributed by atoms with Crippen molar-refractivity contribution in [2.24, 2.45) is 0 Å². The van der Waals surface area contributed by atoms with E-state index in [1.54, 1.807) is 24.3 Å². The van der Waals surface area contributed by atoms with Crippen molar-refractivity contribution in [3.05, 3.63) is 35.9 Å². The molecule has 0 aliphatic rings. The van der Waals surface area contributed by atoms with E-state index in [1.165, 1.54) is 12.1 Å². The Bertz CT molecular complexity index is 463. The Balaban J connectivity index is 3.32. The summed E-state index contributed by atoms with van der Waals surface area (Å²) in [5.41, 5.74) is -1.79. The molecule has 5 heteroatoms. The highest BCUT2D eigenvalue weighted by atomic mass is 16.6. The van der Waals surface area contributed by atoms with E-state index in [0.717, 1.165) is 14.0 Å². The van der Waals surface area contributed by atoms with E-state index in [4.69, 9.17) is 10.00 Å². The molecule has 0 aliphatic carbocycles. The number of hydrogen-bond donors (Lipinski definition) is 0. The molecule has 0 heterocycles. The topological polar surface area (TPSA) is 76.4 Å². The monoisotopic (exact) mass is 233 g/mol. The van der Waals surface area contributed by atoms with Gasteiger partial charge in [0.2, 0.25) is 0 Å². The van der Waals surface area contributed by atoms with E-state index >= 15 is 0 Å². The molecule has 0 radical (unpaired) electrons. The summed E-state index contributed by atoms with van der Waals surface area (Å²) in [6.45, 7) is 1.12. The lowest BCUT2D eigenvalue weighted by atomic mass is 9.95. The predicted molar refractivity (Wildman–Crippen MR) is 57.5 cm³/mol. The predicted octanol–water partition coefficient (Wildman–Crippen LogP) is 1.14. The maximum atomic E-state index is 11.7. The fourth-order valence-corrected chi connectivity index (χ4v) is 1.38. The lowest BCUT2D eigenvalue weighted by Gasteiger charge is -2.23. The second-order valence-corrected chi connectivity index (χ2v) is 3.24. The summed E-state index contributed by atoms with van der Waals surface area (Å²) < 4.78 is 9.37. The molecule has 0 saturated heterocycles. The molecular weight excluding hydrogens is 222 g/mol. The van der Waals surface area contributed by atoms with Gasteiger partial charge in [0.15, 0.2) is 0 Å². The number of rotatable bonds is 3. The molecule has 1 aromatic carbocycles. The van der Waals surface area contributed by atoms with E-state index in [9.17, 15) is 9.59 Å². The van der Waals surface area contributed by atoms with Gasteiger partial charge in [-0.3, -0.25) is 4.79 Å². The number of hydrogen-bond acceptors (Lipinski definition) is 5. The quantitative estimate of drug-likeness (QED) is 0.732. The van der Waals surface area contributed by atoms with Crippen LogP contribution in [0.25, 0.3) is 0 Å². The van der Waals surface area contributed by atoms with E-state index in [2.05, 4.69) is 4.74 Å². The number of carbonyl (C=O) groups excluding carboxylic acids is 2. The van der Waals surface area contributed by atoms with E-state index < -0.39 is 17.5 Å². The Morgan fingerprint density at radius 2 is 1.88 bits per heavy atom. The Hall–Kier alpha value is -2.35. The molecule has 17 heavy (non-hydrogen) atoms. The first-order chi connectivity index (χ1) is 8.06. The summed E-state index contributed by atoms with van der Waals surface area (Å²) in [7, 11) is 1.13. The minimum Gasteiger partial charge on any atom is -0.465 e. The fourth-order valence-electron chi connectivity index (χ4n) is 1.38. The molecule has 88 valence electrons. The van der Waals surface area contributed by atoms with Crippen molar-refractivity contribution in [2.75, 3.05) is 7.11 Å². The molecule has 5 nitrogen and oxygen atoms in total.